The predicted molar refractivity (Wildman–Crippen MR) is 126 cm³/mol. The molecule has 1 atom stereocenters. The summed E-state index contributed by atoms with van der Waals surface area (Å²) in [5.74, 6) is 3.23. The maximum absolute atomic E-state index is 13.0. The summed E-state index contributed by atoms with van der Waals surface area (Å²) in [6, 6.07) is 13.1. The molecule has 1 unspecified atom stereocenters. The second-order valence-corrected chi connectivity index (χ2v) is 11.3. The molecule has 4 bridgehead atoms. The van der Waals surface area contributed by atoms with Gasteiger partial charge in [0.15, 0.2) is 0 Å². The van der Waals surface area contributed by atoms with E-state index >= 15 is 0 Å². The molecule has 4 heteroatoms. The van der Waals surface area contributed by atoms with E-state index in [1.165, 1.54) is 44.1 Å². The van der Waals surface area contributed by atoms with E-state index in [0.717, 1.165) is 50.1 Å². The highest BCUT2D eigenvalue weighted by molar-refractivity contribution is 5.97. The highest BCUT2D eigenvalue weighted by Gasteiger charge is 2.53. The quantitative estimate of drug-likeness (QED) is 0.505. The van der Waals surface area contributed by atoms with Crippen molar-refractivity contribution in [2.45, 2.75) is 70.8 Å². The van der Waals surface area contributed by atoms with Crippen LogP contribution in [0.2, 0.25) is 0 Å². The van der Waals surface area contributed by atoms with Crippen LogP contribution in [-0.2, 0) is 11.2 Å². The second kappa shape index (κ2) is 8.93. The monoisotopic (exact) mass is 431 g/mol. The average molecular weight is 432 g/mol. The number of hydrogen-bond acceptors (Lipinski definition) is 3. The van der Waals surface area contributed by atoms with Crippen molar-refractivity contribution in [3.63, 3.8) is 0 Å². The van der Waals surface area contributed by atoms with E-state index < -0.39 is 0 Å². The van der Waals surface area contributed by atoms with Crippen molar-refractivity contribution in [1.82, 2.24) is 10.2 Å². The number of likely N-dealkylation sites (tertiary alicyclic amines) is 1. The number of carbonyl (C=O) groups excluding carboxylic acids is 1. The highest BCUT2D eigenvalue weighted by Crippen LogP contribution is 2.61. The summed E-state index contributed by atoms with van der Waals surface area (Å²) in [7, 11) is 0. The number of hydrogen-bond donors (Lipinski definition) is 1. The number of nitriles is 1. The molecule has 1 aliphatic heterocycles. The summed E-state index contributed by atoms with van der Waals surface area (Å²) < 4.78 is 0. The van der Waals surface area contributed by atoms with Crippen LogP contribution in [0.5, 0.6) is 0 Å². The smallest absolute Gasteiger partial charge is 0.265 e. The molecule has 0 spiro atoms. The zero-order valence-corrected chi connectivity index (χ0v) is 19.4. The van der Waals surface area contributed by atoms with Crippen molar-refractivity contribution < 1.29 is 4.79 Å². The fourth-order valence-electron chi connectivity index (χ4n) is 7.69. The van der Waals surface area contributed by atoms with Crippen molar-refractivity contribution in [3.05, 3.63) is 47.7 Å². The summed E-state index contributed by atoms with van der Waals surface area (Å²) in [4.78, 5) is 14.9. The number of amides is 1. The molecule has 5 aliphatic rings. The summed E-state index contributed by atoms with van der Waals surface area (Å²) in [5.41, 5.74) is 2.01. The van der Waals surface area contributed by atoms with Crippen LogP contribution in [0.25, 0.3) is 0 Å². The first kappa shape index (κ1) is 21.6. The Kier molecular flexibility index (Phi) is 6.01. The van der Waals surface area contributed by atoms with E-state index in [4.69, 9.17) is 0 Å². The Morgan fingerprint density at radius 3 is 2.28 bits per heavy atom. The molecule has 5 fully saturated rings. The van der Waals surface area contributed by atoms with Gasteiger partial charge in [0, 0.05) is 25.3 Å². The van der Waals surface area contributed by atoms with Crippen LogP contribution in [-0.4, -0.2) is 29.9 Å². The fraction of sp³-hybridized carbons (Fsp3) is 0.643. The van der Waals surface area contributed by atoms with Gasteiger partial charge in [-0.1, -0.05) is 30.3 Å². The van der Waals surface area contributed by atoms with Crippen LogP contribution < -0.4 is 5.32 Å². The molecule has 6 rings (SSSR count). The van der Waals surface area contributed by atoms with Gasteiger partial charge in [0.1, 0.15) is 11.6 Å². The average Bonchev–Trinajstić information content (AvgIpc) is 2.79. The summed E-state index contributed by atoms with van der Waals surface area (Å²) in [6.07, 6.45) is 13.1. The molecular weight excluding hydrogens is 394 g/mol. The molecule has 0 radical (unpaired) electrons. The standard InChI is InChI=1S/C28H37N3O/c1-20(28-15-23-12-24(16-28)14-25(13-23)17-28)30-19-26(18-29)27(32)31-9-7-22(8-10-31)11-21-5-3-2-4-6-21/h2-6,19-20,22-25,30H,7-17H2,1H3/b26-19-. The van der Waals surface area contributed by atoms with Crippen molar-refractivity contribution in [2.75, 3.05) is 13.1 Å². The Hall–Kier alpha value is -2.28. The molecular formula is C28H37N3O. The van der Waals surface area contributed by atoms with Gasteiger partial charge < -0.3 is 10.2 Å². The maximum atomic E-state index is 13.0. The number of rotatable bonds is 6. The highest BCUT2D eigenvalue weighted by atomic mass is 16.2. The molecule has 1 N–H and O–H groups in total. The van der Waals surface area contributed by atoms with Gasteiger partial charge in [0.2, 0.25) is 0 Å². The Morgan fingerprint density at radius 1 is 1.12 bits per heavy atom. The van der Waals surface area contributed by atoms with Crippen LogP contribution >= 0.6 is 0 Å². The molecule has 1 saturated heterocycles. The maximum Gasteiger partial charge on any atom is 0.265 e. The minimum absolute atomic E-state index is 0.101. The molecule has 1 aromatic rings. The predicted octanol–water partition coefficient (Wildman–Crippen LogP) is 5.07. The number of benzene rings is 1. The number of nitrogens with one attached hydrogen (secondary N) is 1. The van der Waals surface area contributed by atoms with Gasteiger partial charge in [-0.25, -0.2) is 0 Å². The minimum Gasteiger partial charge on any atom is -0.387 e. The van der Waals surface area contributed by atoms with Gasteiger partial charge in [-0.3, -0.25) is 4.79 Å². The van der Waals surface area contributed by atoms with Gasteiger partial charge in [-0.15, -0.1) is 0 Å². The van der Waals surface area contributed by atoms with E-state index in [0.29, 0.717) is 17.4 Å². The van der Waals surface area contributed by atoms with Crippen molar-refractivity contribution >= 4 is 5.91 Å². The molecule has 1 aromatic carbocycles. The normalized spacial score (nSPS) is 33.1. The molecule has 170 valence electrons. The summed E-state index contributed by atoms with van der Waals surface area (Å²) in [5, 5.41) is 13.2. The Balaban J connectivity index is 1.16. The van der Waals surface area contributed by atoms with Gasteiger partial charge in [0.25, 0.3) is 5.91 Å². The van der Waals surface area contributed by atoms with E-state index in [1.54, 1.807) is 6.20 Å². The van der Waals surface area contributed by atoms with Gasteiger partial charge >= 0.3 is 0 Å². The fourth-order valence-corrected chi connectivity index (χ4v) is 7.69. The Morgan fingerprint density at radius 2 is 1.72 bits per heavy atom. The van der Waals surface area contributed by atoms with Crippen LogP contribution in [0.3, 0.4) is 0 Å². The summed E-state index contributed by atoms with van der Waals surface area (Å²) >= 11 is 0. The lowest BCUT2D eigenvalue weighted by atomic mass is 9.48. The zero-order chi connectivity index (χ0) is 22.1. The third kappa shape index (κ3) is 4.32. The second-order valence-electron chi connectivity index (χ2n) is 11.3. The van der Waals surface area contributed by atoms with Crippen LogP contribution in [0.1, 0.15) is 63.9 Å². The Labute approximate surface area is 193 Å². The van der Waals surface area contributed by atoms with Crippen LogP contribution in [0.15, 0.2) is 42.1 Å². The number of nitrogens with zero attached hydrogens (tertiary/aromatic N) is 2. The topological polar surface area (TPSA) is 56.1 Å². The largest absolute Gasteiger partial charge is 0.387 e. The molecule has 0 aromatic heterocycles. The van der Waals surface area contributed by atoms with E-state index in [-0.39, 0.29) is 11.5 Å². The third-order valence-electron chi connectivity index (χ3n) is 9.10. The zero-order valence-electron chi connectivity index (χ0n) is 19.4. The lowest BCUT2D eigenvalue weighted by Gasteiger charge is -2.59. The molecule has 32 heavy (non-hydrogen) atoms. The first-order chi connectivity index (χ1) is 15.5. The van der Waals surface area contributed by atoms with Gasteiger partial charge in [-0.2, -0.15) is 5.26 Å². The lowest BCUT2D eigenvalue weighted by Crippen LogP contribution is -2.54. The van der Waals surface area contributed by atoms with Crippen LogP contribution in [0.4, 0.5) is 0 Å². The summed E-state index contributed by atoms with van der Waals surface area (Å²) in [6.45, 7) is 3.78. The minimum atomic E-state index is -0.101. The molecule has 4 aliphatic carbocycles. The number of carbonyl (C=O) groups is 1. The third-order valence-corrected chi connectivity index (χ3v) is 9.10. The lowest BCUT2D eigenvalue weighted by molar-refractivity contribution is -0.128. The van der Waals surface area contributed by atoms with E-state index in [2.05, 4.69) is 48.6 Å². The van der Waals surface area contributed by atoms with Gasteiger partial charge in [0.05, 0.1) is 0 Å². The first-order valence-electron chi connectivity index (χ1n) is 12.7. The number of piperidine rings is 1. The molecule has 1 heterocycles. The molecule has 4 nitrogen and oxygen atoms in total. The molecule has 1 amide bonds. The SMILES string of the molecule is CC(N/C=C(/C#N)C(=O)N1CCC(Cc2ccccc2)CC1)C12CC3CC(CC(C3)C1)C2. The van der Waals surface area contributed by atoms with Crippen molar-refractivity contribution in [1.29, 1.82) is 5.26 Å². The van der Waals surface area contributed by atoms with Crippen molar-refractivity contribution in [2.24, 2.45) is 29.1 Å². The van der Waals surface area contributed by atoms with E-state index in [1.807, 2.05) is 4.90 Å². The molecule has 4 saturated carbocycles. The van der Waals surface area contributed by atoms with Gasteiger partial charge in [-0.05, 0) is 99.4 Å². The van der Waals surface area contributed by atoms with E-state index in [9.17, 15) is 10.1 Å². The first-order valence-corrected chi connectivity index (χ1v) is 12.7. The van der Waals surface area contributed by atoms with Crippen molar-refractivity contribution in [3.8, 4) is 6.07 Å². The Bertz CT molecular complexity index is 856. The van der Waals surface area contributed by atoms with Crippen LogP contribution in [0, 0.1) is 40.4 Å².